The van der Waals surface area contributed by atoms with Crippen LogP contribution in [0, 0.1) is 0 Å². The van der Waals surface area contributed by atoms with Gasteiger partial charge in [0.15, 0.2) is 0 Å². The van der Waals surface area contributed by atoms with Gasteiger partial charge in [0, 0.05) is 5.54 Å². The standard InChI is InChI=1S/C15H12F13NO3S.BrH/c1-9(2,29)7-3-5-8(6-4-7)32-33(30,31)15(27,28)13(22,23)11(18,19)10(16,17)12(20,21)14(24,25)26;/h3-6H,29H2,1-2H3;1H. The monoisotopic (exact) mass is 613 g/mol. The fourth-order valence-corrected chi connectivity index (χ4v) is 2.94. The average Bonchev–Trinajstić information content (AvgIpc) is 2.59. The zero-order valence-electron chi connectivity index (χ0n) is 16.3. The fraction of sp³-hybridized carbons (Fsp3) is 0.600. The van der Waals surface area contributed by atoms with E-state index in [1.807, 2.05) is 0 Å². The zero-order chi connectivity index (χ0) is 26.7. The first-order valence-electron chi connectivity index (χ1n) is 7.98. The van der Waals surface area contributed by atoms with Crippen molar-refractivity contribution in [1.82, 2.24) is 0 Å². The second kappa shape index (κ2) is 8.86. The second-order valence-electron chi connectivity index (χ2n) is 7.10. The molecule has 1 aromatic carbocycles. The lowest BCUT2D eigenvalue weighted by molar-refractivity contribution is -0.433. The Morgan fingerprint density at radius 1 is 0.676 bits per heavy atom. The fourth-order valence-electron chi connectivity index (χ4n) is 2.03. The van der Waals surface area contributed by atoms with E-state index in [0.29, 0.717) is 12.1 Å². The van der Waals surface area contributed by atoms with Crippen molar-refractivity contribution in [3.8, 4) is 5.75 Å². The molecule has 200 valence electrons. The van der Waals surface area contributed by atoms with Crippen LogP contribution in [0.1, 0.15) is 19.4 Å². The molecule has 0 aliphatic rings. The van der Waals surface area contributed by atoms with Gasteiger partial charge in [0.2, 0.25) is 0 Å². The number of benzene rings is 1. The quantitative estimate of drug-likeness (QED) is 0.294. The van der Waals surface area contributed by atoms with Crippen molar-refractivity contribution in [2.24, 2.45) is 5.73 Å². The molecule has 0 atom stereocenters. The number of hydrogen-bond acceptors (Lipinski definition) is 4. The number of alkyl halides is 13. The van der Waals surface area contributed by atoms with Gasteiger partial charge in [0.25, 0.3) is 0 Å². The molecule has 2 N–H and O–H groups in total. The third-order valence-electron chi connectivity index (χ3n) is 4.02. The van der Waals surface area contributed by atoms with Gasteiger partial charge in [-0.25, -0.2) is 0 Å². The van der Waals surface area contributed by atoms with Crippen LogP contribution in [0.15, 0.2) is 24.3 Å². The van der Waals surface area contributed by atoms with Crippen molar-refractivity contribution in [3.63, 3.8) is 0 Å². The Bertz CT molecular complexity index is 971. The SMILES string of the molecule is Br.CC(C)(N)c1ccc(OS(=O)(=O)C(F)(F)C(F)(F)C(F)(F)C(F)(F)C(F)(F)C(F)(F)F)cc1. The summed E-state index contributed by atoms with van der Waals surface area (Å²) in [4.78, 5) is 0. The Balaban J connectivity index is 0.0000109. The first-order valence-corrected chi connectivity index (χ1v) is 9.38. The van der Waals surface area contributed by atoms with Gasteiger partial charge in [-0.2, -0.15) is 65.5 Å². The molecule has 0 aliphatic carbocycles. The second-order valence-corrected chi connectivity index (χ2v) is 8.68. The van der Waals surface area contributed by atoms with Gasteiger partial charge in [-0.05, 0) is 31.5 Å². The van der Waals surface area contributed by atoms with E-state index >= 15 is 0 Å². The predicted molar refractivity (Wildman–Crippen MR) is 94.3 cm³/mol. The van der Waals surface area contributed by atoms with Crippen molar-refractivity contribution >= 4 is 27.1 Å². The number of hydrogen-bond donors (Lipinski definition) is 1. The Kier molecular flexibility index (Phi) is 8.47. The van der Waals surface area contributed by atoms with E-state index < -0.39 is 56.5 Å². The molecule has 0 aliphatic heterocycles. The summed E-state index contributed by atoms with van der Waals surface area (Å²) in [5, 5.41) is -7.43. The minimum Gasteiger partial charge on any atom is -0.378 e. The molecular weight excluding hydrogens is 601 g/mol. The topological polar surface area (TPSA) is 69.4 Å². The molecule has 0 unspecified atom stereocenters. The smallest absolute Gasteiger partial charge is 0.378 e. The van der Waals surface area contributed by atoms with E-state index in [4.69, 9.17) is 5.73 Å². The molecule has 0 fully saturated rings. The van der Waals surface area contributed by atoms with Crippen molar-refractivity contribution in [1.29, 1.82) is 0 Å². The summed E-state index contributed by atoms with van der Waals surface area (Å²) in [6.45, 7) is 2.79. The lowest BCUT2D eigenvalue weighted by Gasteiger charge is -2.38. The molecule has 0 aromatic heterocycles. The highest BCUT2D eigenvalue weighted by atomic mass is 79.9. The first-order chi connectivity index (χ1) is 14.2. The molecule has 0 bridgehead atoms. The first kappa shape index (κ1) is 32.5. The van der Waals surface area contributed by atoms with Crippen molar-refractivity contribution in [3.05, 3.63) is 29.8 Å². The summed E-state index contributed by atoms with van der Waals surface area (Å²) in [6, 6.07) is 2.79. The number of rotatable bonds is 8. The van der Waals surface area contributed by atoms with Crippen LogP contribution in [0.25, 0.3) is 0 Å². The summed E-state index contributed by atoms with van der Waals surface area (Å²) in [5.74, 6) is -33.8. The lowest BCUT2D eigenvalue weighted by atomic mass is 9.96. The summed E-state index contributed by atoms with van der Waals surface area (Å²) in [5.41, 5.74) is 4.69. The van der Waals surface area contributed by atoms with Crippen LogP contribution >= 0.6 is 17.0 Å². The van der Waals surface area contributed by atoms with E-state index in [9.17, 15) is 65.5 Å². The van der Waals surface area contributed by atoms with Gasteiger partial charge in [0.1, 0.15) is 5.75 Å². The molecule has 4 nitrogen and oxygen atoms in total. The Morgan fingerprint density at radius 3 is 1.35 bits per heavy atom. The minimum absolute atomic E-state index is 0. The minimum atomic E-state index is -8.26. The Labute approximate surface area is 193 Å². The molecule has 0 heterocycles. The highest BCUT2D eigenvalue weighted by Gasteiger charge is 2.93. The third kappa shape index (κ3) is 4.91. The van der Waals surface area contributed by atoms with Gasteiger partial charge >= 0.3 is 45.2 Å². The zero-order valence-corrected chi connectivity index (χ0v) is 18.9. The summed E-state index contributed by atoms with van der Waals surface area (Å²) >= 11 is 0. The molecule has 0 saturated heterocycles. The van der Waals surface area contributed by atoms with Crippen LogP contribution in [-0.4, -0.2) is 43.5 Å². The molecule has 0 amide bonds. The molecule has 19 heteroatoms. The molecule has 1 aromatic rings. The molecule has 34 heavy (non-hydrogen) atoms. The lowest BCUT2D eigenvalue weighted by Crippen LogP contribution is -2.71. The Morgan fingerprint density at radius 2 is 1.03 bits per heavy atom. The maximum absolute atomic E-state index is 13.8. The number of halogens is 14. The largest absolute Gasteiger partial charge is 0.460 e. The van der Waals surface area contributed by atoms with Crippen LogP contribution in [0.4, 0.5) is 57.1 Å². The van der Waals surface area contributed by atoms with Crippen LogP contribution in [0.2, 0.25) is 0 Å². The van der Waals surface area contributed by atoms with Gasteiger partial charge in [0.05, 0.1) is 0 Å². The van der Waals surface area contributed by atoms with Gasteiger partial charge < -0.3 is 9.92 Å². The molecule has 0 radical (unpaired) electrons. The molecular formula is C15H13BrF13NO3S. The van der Waals surface area contributed by atoms with Crippen LogP contribution in [-0.2, 0) is 15.7 Å². The Hall–Kier alpha value is -1.50. The highest BCUT2D eigenvalue weighted by Crippen LogP contribution is 2.61. The molecule has 0 saturated carbocycles. The number of nitrogens with two attached hydrogens (primary N) is 1. The van der Waals surface area contributed by atoms with E-state index in [2.05, 4.69) is 4.18 Å². The van der Waals surface area contributed by atoms with Crippen LogP contribution in [0.5, 0.6) is 5.75 Å². The predicted octanol–water partition coefficient (Wildman–Crippen LogP) is 5.86. The van der Waals surface area contributed by atoms with Gasteiger partial charge in [-0.3, -0.25) is 0 Å². The normalized spacial score (nSPS) is 15.1. The van der Waals surface area contributed by atoms with E-state index in [-0.39, 0.29) is 22.5 Å². The van der Waals surface area contributed by atoms with Crippen molar-refractivity contribution < 1.29 is 69.7 Å². The van der Waals surface area contributed by atoms with Crippen LogP contribution in [0.3, 0.4) is 0 Å². The van der Waals surface area contributed by atoms with E-state index in [0.717, 1.165) is 12.1 Å². The van der Waals surface area contributed by atoms with Crippen molar-refractivity contribution in [2.45, 2.75) is 54.5 Å². The van der Waals surface area contributed by atoms with Crippen LogP contribution < -0.4 is 9.92 Å². The summed E-state index contributed by atoms with van der Waals surface area (Å²) < 4.78 is 196. The van der Waals surface area contributed by atoms with E-state index in [1.165, 1.54) is 13.8 Å². The van der Waals surface area contributed by atoms with E-state index in [1.54, 1.807) is 0 Å². The van der Waals surface area contributed by atoms with Crippen molar-refractivity contribution in [2.75, 3.05) is 0 Å². The maximum atomic E-state index is 13.8. The highest BCUT2D eigenvalue weighted by molar-refractivity contribution is 8.93. The third-order valence-corrected chi connectivity index (χ3v) is 5.32. The average molecular weight is 614 g/mol. The summed E-state index contributed by atoms with van der Waals surface area (Å²) in [7, 11) is -7.40. The molecule has 0 spiro atoms. The molecule has 1 rings (SSSR count). The maximum Gasteiger partial charge on any atom is 0.460 e. The van der Waals surface area contributed by atoms with Gasteiger partial charge in [-0.1, -0.05) is 12.1 Å². The van der Waals surface area contributed by atoms with Gasteiger partial charge in [-0.15, -0.1) is 17.0 Å². The summed E-state index contributed by atoms with van der Waals surface area (Å²) in [6.07, 6.45) is -7.61.